The number of benzene rings is 1. The molecule has 1 heterocycles. The SMILES string of the molecule is CC(C)(C)NCc1cnc(CSc2ccc(Cl)cc2)nc1. The standard InChI is InChI=1S/C16H20ClN3S/c1-16(2,3)20-10-12-8-18-15(19-9-12)11-21-14-6-4-13(17)5-7-14/h4-9,20H,10-11H2,1-3H3. The Morgan fingerprint density at radius 1 is 1.10 bits per heavy atom. The second-order valence-electron chi connectivity index (χ2n) is 5.85. The quantitative estimate of drug-likeness (QED) is 0.833. The molecule has 0 atom stereocenters. The maximum atomic E-state index is 5.87. The maximum absolute atomic E-state index is 5.87. The average molecular weight is 322 g/mol. The largest absolute Gasteiger partial charge is 0.308 e. The molecule has 2 rings (SSSR count). The molecule has 0 saturated carbocycles. The van der Waals surface area contributed by atoms with Crippen molar-refractivity contribution in [1.82, 2.24) is 15.3 Å². The van der Waals surface area contributed by atoms with Crippen LogP contribution in [0.15, 0.2) is 41.6 Å². The zero-order valence-corrected chi connectivity index (χ0v) is 14.1. The average Bonchev–Trinajstić information content (AvgIpc) is 2.45. The molecule has 1 aromatic carbocycles. The lowest BCUT2D eigenvalue weighted by Gasteiger charge is -2.20. The fraction of sp³-hybridized carbons (Fsp3) is 0.375. The summed E-state index contributed by atoms with van der Waals surface area (Å²) in [6.07, 6.45) is 3.78. The highest BCUT2D eigenvalue weighted by Gasteiger charge is 2.08. The van der Waals surface area contributed by atoms with Crippen LogP contribution in [-0.2, 0) is 12.3 Å². The molecule has 0 unspecified atom stereocenters. The Bertz CT molecular complexity index is 562. The van der Waals surface area contributed by atoms with Gasteiger partial charge >= 0.3 is 0 Å². The number of halogens is 1. The number of thioether (sulfide) groups is 1. The Hall–Kier alpha value is -1.10. The van der Waals surface area contributed by atoms with Crippen molar-refractivity contribution >= 4 is 23.4 Å². The molecule has 3 nitrogen and oxygen atoms in total. The maximum Gasteiger partial charge on any atom is 0.138 e. The normalized spacial score (nSPS) is 11.6. The fourth-order valence-electron chi connectivity index (χ4n) is 1.59. The van der Waals surface area contributed by atoms with Crippen molar-refractivity contribution in [3.63, 3.8) is 0 Å². The topological polar surface area (TPSA) is 37.8 Å². The van der Waals surface area contributed by atoms with Gasteiger partial charge in [-0.3, -0.25) is 0 Å². The van der Waals surface area contributed by atoms with Gasteiger partial charge in [-0.1, -0.05) is 11.6 Å². The van der Waals surface area contributed by atoms with Crippen LogP contribution in [0.3, 0.4) is 0 Å². The molecular weight excluding hydrogens is 302 g/mol. The van der Waals surface area contributed by atoms with Crippen LogP contribution in [0.1, 0.15) is 32.2 Å². The molecular formula is C16H20ClN3S. The number of nitrogens with zero attached hydrogens (tertiary/aromatic N) is 2. The van der Waals surface area contributed by atoms with Crippen molar-refractivity contribution in [1.29, 1.82) is 0 Å². The van der Waals surface area contributed by atoms with Gasteiger partial charge in [0.2, 0.25) is 0 Å². The molecule has 0 saturated heterocycles. The van der Waals surface area contributed by atoms with E-state index in [0.29, 0.717) is 0 Å². The monoisotopic (exact) mass is 321 g/mol. The molecule has 1 aromatic heterocycles. The van der Waals surface area contributed by atoms with E-state index < -0.39 is 0 Å². The van der Waals surface area contributed by atoms with E-state index in [4.69, 9.17) is 11.6 Å². The molecule has 0 bridgehead atoms. The smallest absolute Gasteiger partial charge is 0.138 e. The summed E-state index contributed by atoms with van der Waals surface area (Å²) in [4.78, 5) is 10.00. The van der Waals surface area contributed by atoms with Crippen molar-refractivity contribution in [2.45, 2.75) is 43.5 Å². The van der Waals surface area contributed by atoms with Crippen molar-refractivity contribution in [3.05, 3.63) is 53.1 Å². The van der Waals surface area contributed by atoms with E-state index >= 15 is 0 Å². The van der Waals surface area contributed by atoms with E-state index in [1.807, 2.05) is 36.7 Å². The van der Waals surface area contributed by atoms with E-state index in [-0.39, 0.29) is 5.54 Å². The van der Waals surface area contributed by atoms with Gasteiger partial charge in [0, 0.05) is 40.0 Å². The van der Waals surface area contributed by atoms with Crippen LogP contribution in [0.4, 0.5) is 0 Å². The molecule has 2 aromatic rings. The van der Waals surface area contributed by atoms with Crippen molar-refractivity contribution < 1.29 is 0 Å². The molecule has 0 aliphatic rings. The van der Waals surface area contributed by atoms with Crippen molar-refractivity contribution in [3.8, 4) is 0 Å². The van der Waals surface area contributed by atoms with Crippen molar-refractivity contribution in [2.75, 3.05) is 0 Å². The first-order valence-electron chi connectivity index (χ1n) is 6.85. The van der Waals surface area contributed by atoms with Crippen LogP contribution in [0, 0.1) is 0 Å². The van der Waals surface area contributed by atoms with Crippen LogP contribution in [0.25, 0.3) is 0 Å². The van der Waals surface area contributed by atoms with Crippen molar-refractivity contribution in [2.24, 2.45) is 0 Å². The zero-order valence-electron chi connectivity index (χ0n) is 12.6. The minimum Gasteiger partial charge on any atom is -0.308 e. The van der Waals surface area contributed by atoms with E-state index in [1.54, 1.807) is 11.8 Å². The number of hydrogen-bond acceptors (Lipinski definition) is 4. The van der Waals surface area contributed by atoms with E-state index in [1.165, 1.54) is 4.90 Å². The molecule has 1 N–H and O–H groups in total. The van der Waals surface area contributed by atoms with Gasteiger partial charge in [-0.15, -0.1) is 11.8 Å². The molecule has 0 aliphatic heterocycles. The minimum atomic E-state index is 0.100. The van der Waals surface area contributed by atoms with Crippen LogP contribution in [0.5, 0.6) is 0 Å². The first kappa shape index (κ1) is 16.3. The molecule has 0 amide bonds. The summed E-state index contributed by atoms with van der Waals surface area (Å²) in [7, 11) is 0. The summed E-state index contributed by atoms with van der Waals surface area (Å²) in [6, 6.07) is 7.81. The van der Waals surface area contributed by atoms with Crippen LogP contribution >= 0.6 is 23.4 Å². The van der Waals surface area contributed by atoms with Gasteiger partial charge in [-0.05, 0) is 45.0 Å². The summed E-state index contributed by atoms with van der Waals surface area (Å²) in [5, 5.41) is 4.18. The third kappa shape index (κ3) is 6.04. The van der Waals surface area contributed by atoms with Gasteiger partial charge in [0.05, 0.1) is 5.75 Å². The molecule has 0 aliphatic carbocycles. The van der Waals surface area contributed by atoms with E-state index in [9.17, 15) is 0 Å². The third-order valence-corrected chi connectivity index (χ3v) is 4.02. The van der Waals surface area contributed by atoms with Crippen LogP contribution in [0.2, 0.25) is 5.02 Å². The minimum absolute atomic E-state index is 0.100. The van der Waals surface area contributed by atoms with Gasteiger partial charge in [0.15, 0.2) is 0 Å². The Labute approximate surface area is 135 Å². The highest BCUT2D eigenvalue weighted by molar-refractivity contribution is 7.98. The highest BCUT2D eigenvalue weighted by atomic mass is 35.5. The Morgan fingerprint density at radius 3 is 2.29 bits per heavy atom. The summed E-state index contributed by atoms with van der Waals surface area (Å²) >= 11 is 7.57. The Kier molecular flexibility index (Phi) is 5.62. The van der Waals surface area contributed by atoms with E-state index in [0.717, 1.165) is 28.7 Å². The summed E-state index contributed by atoms with van der Waals surface area (Å²) in [5.74, 6) is 1.60. The molecule has 5 heteroatoms. The summed E-state index contributed by atoms with van der Waals surface area (Å²) in [6.45, 7) is 7.22. The van der Waals surface area contributed by atoms with Gasteiger partial charge < -0.3 is 5.32 Å². The van der Waals surface area contributed by atoms with Gasteiger partial charge in [-0.2, -0.15) is 0 Å². The number of rotatable bonds is 5. The zero-order chi connectivity index (χ0) is 15.3. The predicted molar refractivity (Wildman–Crippen MR) is 89.6 cm³/mol. The van der Waals surface area contributed by atoms with Gasteiger partial charge in [-0.25, -0.2) is 9.97 Å². The first-order valence-corrected chi connectivity index (χ1v) is 8.22. The third-order valence-electron chi connectivity index (χ3n) is 2.76. The Balaban J connectivity index is 1.86. The summed E-state index contributed by atoms with van der Waals surface area (Å²) < 4.78 is 0. The molecule has 112 valence electrons. The first-order chi connectivity index (χ1) is 9.92. The number of nitrogens with one attached hydrogen (secondary N) is 1. The molecule has 21 heavy (non-hydrogen) atoms. The molecule has 0 radical (unpaired) electrons. The Morgan fingerprint density at radius 2 is 1.71 bits per heavy atom. The number of aromatic nitrogens is 2. The molecule has 0 spiro atoms. The lowest BCUT2D eigenvalue weighted by molar-refractivity contribution is 0.423. The molecule has 0 fully saturated rings. The van der Waals surface area contributed by atoms with Gasteiger partial charge in [0.25, 0.3) is 0 Å². The summed E-state index contributed by atoms with van der Waals surface area (Å²) in [5.41, 5.74) is 1.20. The number of hydrogen-bond donors (Lipinski definition) is 1. The predicted octanol–water partition coefficient (Wildman–Crippen LogP) is 4.31. The highest BCUT2D eigenvalue weighted by Crippen LogP contribution is 2.22. The fourth-order valence-corrected chi connectivity index (χ4v) is 2.49. The second-order valence-corrected chi connectivity index (χ2v) is 7.34. The van der Waals surface area contributed by atoms with Gasteiger partial charge in [0.1, 0.15) is 5.82 Å². The van der Waals surface area contributed by atoms with Crippen LogP contribution < -0.4 is 5.32 Å². The lowest BCUT2D eigenvalue weighted by atomic mass is 10.1. The lowest BCUT2D eigenvalue weighted by Crippen LogP contribution is -2.35. The van der Waals surface area contributed by atoms with E-state index in [2.05, 4.69) is 36.1 Å². The van der Waals surface area contributed by atoms with Crippen LogP contribution in [-0.4, -0.2) is 15.5 Å². The second kappa shape index (κ2) is 7.25.